The smallest absolute Gasteiger partial charge is 0.258 e. The Morgan fingerprint density at radius 3 is 2.35 bits per heavy atom. The van der Waals surface area contributed by atoms with Gasteiger partial charge in [-0.3, -0.25) is 9.59 Å². The number of hydrogen-bond donors (Lipinski definition) is 3. The van der Waals surface area contributed by atoms with Crippen LogP contribution in [0.15, 0.2) is 72.8 Å². The van der Waals surface area contributed by atoms with E-state index in [1.54, 1.807) is 39.1 Å². The molecule has 0 atom stereocenters. The van der Waals surface area contributed by atoms with Crippen molar-refractivity contribution in [2.45, 2.75) is 19.4 Å². The summed E-state index contributed by atoms with van der Waals surface area (Å²) in [5.41, 5.74) is 10.2. The fourth-order valence-electron chi connectivity index (χ4n) is 3.84. The lowest BCUT2D eigenvalue weighted by molar-refractivity contribution is -0.122. The number of anilines is 3. The number of rotatable bonds is 5. The second-order valence-corrected chi connectivity index (χ2v) is 8.70. The monoisotopic (exact) mass is 451 g/mol. The SMILES string of the molecule is CN(C(=O)C(C)(C)N)c1ccc(N/C(=C2\C(=O)Nc3cc(C#N)ccc32)c2ccccc2)cc1. The van der Waals surface area contributed by atoms with Crippen molar-refractivity contribution in [3.63, 3.8) is 0 Å². The van der Waals surface area contributed by atoms with Crippen LogP contribution in [0.2, 0.25) is 0 Å². The van der Waals surface area contributed by atoms with Gasteiger partial charge in [0, 0.05) is 24.0 Å². The zero-order chi connectivity index (χ0) is 24.5. The molecule has 4 rings (SSSR count). The molecule has 1 heterocycles. The topological polar surface area (TPSA) is 111 Å². The van der Waals surface area contributed by atoms with Gasteiger partial charge >= 0.3 is 0 Å². The van der Waals surface area contributed by atoms with E-state index >= 15 is 0 Å². The van der Waals surface area contributed by atoms with Gasteiger partial charge in [-0.2, -0.15) is 5.26 Å². The molecule has 7 heteroatoms. The summed E-state index contributed by atoms with van der Waals surface area (Å²) in [6.45, 7) is 3.34. The molecule has 1 aliphatic heterocycles. The maximum absolute atomic E-state index is 13.0. The highest BCUT2D eigenvalue weighted by Gasteiger charge is 2.29. The Morgan fingerprint density at radius 1 is 1.06 bits per heavy atom. The molecule has 3 aromatic rings. The zero-order valence-electron chi connectivity index (χ0n) is 19.2. The van der Waals surface area contributed by atoms with E-state index in [9.17, 15) is 14.9 Å². The number of nitrogens with one attached hydrogen (secondary N) is 2. The molecule has 0 bridgehead atoms. The van der Waals surface area contributed by atoms with Crippen LogP contribution >= 0.6 is 0 Å². The summed E-state index contributed by atoms with van der Waals surface area (Å²) in [7, 11) is 1.69. The molecule has 0 unspecified atom stereocenters. The van der Waals surface area contributed by atoms with Gasteiger partial charge in [0.1, 0.15) is 0 Å². The van der Waals surface area contributed by atoms with Crippen LogP contribution in [0.1, 0.15) is 30.5 Å². The molecule has 4 N–H and O–H groups in total. The molecule has 0 radical (unpaired) electrons. The van der Waals surface area contributed by atoms with Crippen molar-refractivity contribution in [1.82, 2.24) is 0 Å². The molecule has 0 saturated heterocycles. The number of fused-ring (bicyclic) bond motifs is 1. The van der Waals surface area contributed by atoms with E-state index in [2.05, 4.69) is 16.7 Å². The second-order valence-electron chi connectivity index (χ2n) is 8.70. The van der Waals surface area contributed by atoms with Crippen LogP contribution in [-0.2, 0) is 9.59 Å². The normalized spacial score (nSPS) is 14.0. The Morgan fingerprint density at radius 2 is 1.74 bits per heavy atom. The minimum atomic E-state index is -0.981. The van der Waals surface area contributed by atoms with E-state index in [1.165, 1.54) is 4.90 Å². The van der Waals surface area contributed by atoms with Crippen molar-refractivity contribution in [2.75, 3.05) is 22.6 Å². The molecule has 0 aliphatic carbocycles. The first-order valence-electron chi connectivity index (χ1n) is 10.8. The van der Waals surface area contributed by atoms with Crippen molar-refractivity contribution in [3.05, 3.63) is 89.5 Å². The first-order valence-corrected chi connectivity index (χ1v) is 10.8. The van der Waals surface area contributed by atoms with Crippen LogP contribution in [-0.4, -0.2) is 24.4 Å². The number of benzene rings is 3. The summed E-state index contributed by atoms with van der Waals surface area (Å²) in [5.74, 6) is -0.445. The van der Waals surface area contributed by atoms with E-state index in [1.807, 2.05) is 54.6 Å². The van der Waals surface area contributed by atoms with Gasteiger partial charge in [-0.1, -0.05) is 36.4 Å². The lowest BCUT2D eigenvalue weighted by Crippen LogP contribution is -2.49. The zero-order valence-corrected chi connectivity index (χ0v) is 19.2. The lowest BCUT2D eigenvalue weighted by Gasteiger charge is -2.26. The lowest BCUT2D eigenvalue weighted by atomic mass is 9.99. The van der Waals surface area contributed by atoms with Crippen LogP contribution in [0.5, 0.6) is 0 Å². The minimum absolute atomic E-state index is 0.198. The summed E-state index contributed by atoms with van der Waals surface area (Å²) in [4.78, 5) is 27.0. The van der Waals surface area contributed by atoms with E-state index in [0.29, 0.717) is 28.2 Å². The Bertz CT molecular complexity index is 1330. The van der Waals surface area contributed by atoms with Gasteiger partial charge in [0.05, 0.1) is 34.1 Å². The number of carbonyl (C=O) groups is 2. The van der Waals surface area contributed by atoms with Crippen LogP contribution < -0.4 is 21.3 Å². The number of hydrogen-bond acceptors (Lipinski definition) is 5. The Balaban J connectivity index is 1.74. The predicted octanol–water partition coefficient (Wildman–Crippen LogP) is 4.19. The largest absolute Gasteiger partial charge is 0.354 e. The number of nitrogens with zero attached hydrogens (tertiary/aromatic N) is 2. The molecule has 0 fully saturated rings. The summed E-state index contributed by atoms with van der Waals surface area (Å²) in [5, 5.41) is 15.5. The molecule has 0 saturated carbocycles. The molecule has 1 aliphatic rings. The standard InChI is InChI=1S/C27H25N5O2/c1-27(2,29)26(34)32(3)20-12-10-19(11-13-20)30-24(18-7-5-4-6-8-18)23-21-14-9-17(16-28)15-22(21)31-25(23)33/h4-15,30H,29H2,1-3H3,(H,31,33)/b24-23-. The van der Waals surface area contributed by atoms with Crippen LogP contribution in [0.25, 0.3) is 11.3 Å². The van der Waals surface area contributed by atoms with Crippen molar-refractivity contribution < 1.29 is 9.59 Å². The van der Waals surface area contributed by atoms with Crippen molar-refractivity contribution in [1.29, 1.82) is 5.26 Å². The van der Waals surface area contributed by atoms with E-state index < -0.39 is 5.54 Å². The molecule has 0 aromatic heterocycles. The third-order valence-electron chi connectivity index (χ3n) is 5.59. The average Bonchev–Trinajstić information content (AvgIpc) is 3.16. The Hall–Kier alpha value is -4.41. The molecule has 3 aromatic carbocycles. The van der Waals surface area contributed by atoms with Gasteiger partial charge in [-0.15, -0.1) is 0 Å². The third kappa shape index (κ3) is 4.40. The van der Waals surface area contributed by atoms with Crippen LogP contribution in [0, 0.1) is 11.3 Å². The summed E-state index contributed by atoms with van der Waals surface area (Å²) < 4.78 is 0. The molecule has 7 nitrogen and oxygen atoms in total. The quantitative estimate of drug-likeness (QED) is 0.504. The molecular weight excluding hydrogens is 426 g/mol. The third-order valence-corrected chi connectivity index (χ3v) is 5.59. The highest BCUT2D eigenvalue weighted by atomic mass is 16.2. The van der Waals surface area contributed by atoms with Gasteiger partial charge in [0.2, 0.25) is 5.91 Å². The highest BCUT2D eigenvalue weighted by Crippen LogP contribution is 2.38. The number of amides is 2. The summed E-state index contributed by atoms with van der Waals surface area (Å²) >= 11 is 0. The van der Waals surface area contributed by atoms with E-state index in [-0.39, 0.29) is 11.8 Å². The molecule has 34 heavy (non-hydrogen) atoms. The first-order chi connectivity index (χ1) is 16.2. The van der Waals surface area contributed by atoms with Gasteiger partial charge in [-0.05, 0) is 55.8 Å². The molecule has 170 valence electrons. The van der Waals surface area contributed by atoms with Gasteiger partial charge in [0.25, 0.3) is 5.91 Å². The molecule has 2 amide bonds. The predicted molar refractivity (Wildman–Crippen MR) is 135 cm³/mol. The minimum Gasteiger partial charge on any atom is -0.354 e. The number of likely N-dealkylation sites (N-methyl/N-ethyl adjacent to an activating group) is 1. The molecule has 0 spiro atoms. The number of carbonyl (C=O) groups excluding carboxylic acids is 2. The Labute approximate surface area is 198 Å². The van der Waals surface area contributed by atoms with E-state index in [4.69, 9.17) is 5.73 Å². The first kappa shape index (κ1) is 22.8. The Kier molecular flexibility index (Phi) is 5.93. The highest BCUT2D eigenvalue weighted by molar-refractivity contribution is 6.37. The summed E-state index contributed by atoms with van der Waals surface area (Å²) in [6.07, 6.45) is 0. The van der Waals surface area contributed by atoms with Crippen molar-refractivity contribution in [2.24, 2.45) is 5.73 Å². The average molecular weight is 452 g/mol. The van der Waals surface area contributed by atoms with Crippen LogP contribution in [0.3, 0.4) is 0 Å². The van der Waals surface area contributed by atoms with Crippen molar-refractivity contribution in [3.8, 4) is 6.07 Å². The second kappa shape index (κ2) is 8.85. The fraction of sp³-hybridized carbons (Fsp3) is 0.148. The number of nitriles is 1. The van der Waals surface area contributed by atoms with E-state index in [0.717, 1.165) is 16.8 Å². The maximum atomic E-state index is 13.0. The fourth-order valence-corrected chi connectivity index (χ4v) is 3.84. The van der Waals surface area contributed by atoms with Gasteiger partial charge < -0.3 is 21.3 Å². The maximum Gasteiger partial charge on any atom is 0.258 e. The molecular formula is C27H25N5O2. The van der Waals surface area contributed by atoms with Crippen LogP contribution in [0.4, 0.5) is 17.1 Å². The number of nitrogens with two attached hydrogens (primary N) is 1. The van der Waals surface area contributed by atoms with Gasteiger partial charge in [-0.25, -0.2) is 0 Å². The van der Waals surface area contributed by atoms with Crippen molar-refractivity contribution >= 4 is 40.1 Å². The van der Waals surface area contributed by atoms with Gasteiger partial charge in [0.15, 0.2) is 0 Å². The summed E-state index contributed by atoms with van der Waals surface area (Å²) in [6, 6.07) is 24.2.